The first-order valence-corrected chi connectivity index (χ1v) is 7.68. The van der Waals surface area contributed by atoms with E-state index in [1.54, 1.807) is 13.1 Å². The third-order valence-corrected chi connectivity index (χ3v) is 4.04. The molecular weight excluding hydrogens is 311 g/mol. The molecule has 2 rings (SSSR count). The minimum Gasteiger partial charge on any atom is -0.480 e. The number of carbonyl (C=O) groups excluding carboxylic acids is 1. The number of benzene rings is 1. The molecule has 0 aliphatic carbocycles. The van der Waals surface area contributed by atoms with Crippen LogP contribution in [0.5, 0.6) is 0 Å². The largest absolute Gasteiger partial charge is 0.480 e. The van der Waals surface area contributed by atoms with Crippen molar-refractivity contribution in [2.24, 2.45) is 0 Å². The van der Waals surface area contributed by atoms with Crippen LogP contribution in [-0.4, -0.2) is 31.5 Å². The number of ether oxygens (including phenoxy) is 1. The van der Waals surface area contributed by atoms with Gasteiger partial charge in [-0.1, -0.05) is 13.0 Å². The number of likely N-dealkylation sites (N-methyl/N-ethyl adjacent to an activating group) is 1. The molecule has 0 radical (unpaired) electrons. The Balaban J connectivity index is 2.15. The van der Waals surface area contributed by atoms with Gasteiger partial charge in [-0.2, -0.15) is 0 Å². The summed E-state index contributed by atoms with van der Waals surface area (Å²) in [6.45, 7) is 2.50. The zero-order valence-electron chi connectivity index (χ0n) is 14.1. The fourth-order valence-corrected chi connectivity index (χ4v) is 2.71. The van der Waals surface area contributed by atoms with E-state index in [1.165, 1.54) is 18.1 Å². The number of methoxy groups -OCH3 is 1. The summed E-state index contributed by atoms with van der Waals surface area (Å²) in [6, 6.07) is 3.65. The number of nitrogens with two attached hydrogens (primary N) is 2. The summed E-state index contributed by atoms with van der Waals surface area (Å²) in [5, 5.41) is 2.79. The molecule has 6 nitrogen and oxygen atoms in total. The van der Waals surface area contributed by atoms with Gasteiger partial charge in [0.15, 0.2) is 5.83 Å². The number of allylic oxidation sites excluding steroid dienone is 2. The molecule has 0 spiro atoms. The highest BCUT2D eigenvalue weighted by molar-refractivity contribution is 5.94. The van der Waals surface area contributed by atoms with Gasteiger partial charge in [-0.15, -0.1) is 0 Å². The standard InChI is InChI=1S/C17H23FN4O2/c1-4-10-5-6-14(19)15(20)12(10)8-21-16(23)11-7-13(18)17(24-3)22(2)9-11/h5-7H,4,8-9,19-20H2,1-3H3,(H,21,23). The first-order chi connectivity index (χ1) is 11.4. The minimum absolute atomic E-state index is 0.111. The first-order valence-electron chi connectivity index (χ1n) is 7.68. The van der Waals surface area contributed by atoms with Crippen molar-refractivity contribution in [2.75, 3.05) is 32.2 Å². The molecule has 130 valence electrons. The zero-order valence-corrected chi connectivity index (χ0v) is 14.1. The topological polar surface area (TPSA) is 93.6 Å². The van der Waals surface area contributed by atoms with Crippen LogP contribution in [0.3, 0.4) is 0 Å². The fraction of sp³-hybridized carbons (Fsp3) is 0.353. The van der Waals surface area contributed by atoms with Crippen LogP contribution in [0.4, 0.5) is 15.8 Å². The highest BCUT2D eigenvalue weighted by atomic mass is 19.1. The van der Waals surface area contributed by atoms with Gasteiger partial charge in [-0.3, -0.25) is 4.79 Å². The van der Waals surface area contributed by atoms with Gasteiger partial charge >= 0.3 is 0 Å². The summed E-state index contributed by atoms with van der Waals surface area (Å²) in [4.78, 5) is 13.9. The fourth-order valence-electron chi connectivity index (χ4n) is 2.71. The summed E-state index contributed by atoms with van der Waals surface area (Å²) in [7, 11) is 3.04. The van der Waals surface area contributed by atoms with Crippen molar-refractivity contribution in [3.05, 3.63) is 46.6 Å². The van der Waals surface area contributed by atoms with E-state index in [0.717, 1.165) is 17.5 Å². The van der Waals surface area contributed by atoms with Crippen molar-refractivity contribution >= 4 is 17.3 Å². The van der Waals surface area contributed by atoms with E-state index in [0.29, 0.717) is 16.9 Å². The molecule has 1 aromatic rings. The number of hydrogen-bond acceptors (Lipinski definition) is 5. The third kappa shape index (κ3) is 3.45. The van der Waals surface area contributed by atoms with Gasteiger partial charge in [-0.05, 0) is 29.7 Å². The van der Waals surface area contributed by atoms with Gasteiger partial charge in [0, 0.05) is 19.2 Å². The molecule has 0 atom stereocenters. The van der Waals surface area contributed by atoms with E-state index in [9.17, 15) is 9.18 Å². The van der Waals surface area contributed by atoms with Gasteiger partial charge in [0.2, 0.25) is 11.8 Å². The summed E-state index contributed by atoms with van der Waals surface area (Å²) in [5.41, 5.74) is 14.9. The van der Waals surface area contributed by atoms with Gasteiger partial charge in [-0.25, -0.2) is 4.39 Å². The Labute approximate surface area is 140 Å². The Morgan fingerprint density at radius 2 is 2.12 bits per heavy atom. The van der Waals surface area contributed by atoms with Crippen LogP contribution in [0.2, 0.25) is 0 Å². The molecule has 0 fully saturated rings. The lowest BCUT2D eigenvalue weighted by molar-refractivity contribution is -0.118. The molecule has 0 bridgehead atoms. The zero-order chi connectivity index (χ0) is 17.9. The van der Waals surface area contributed by atoms with Gasteiger partial charge in [0.1, 0.15) is 0 Å². The summed E-state index contributed by atoms with van der Waals surface area (Å²) in [5.74, 6) is -0.815. The van der Waals surface area contributed by atoms with Gasteiger partial charge in [0.25, 0.3) is 0 Å². The number of nitrogen functional groups attached to an aromatic ring is 2. The van der Waals surface area contributed by atoms with Crippen LogP contribution in [0.1, 0.15) is 18.1 Å². The number of aryl methyl sites for hydroxylation is 1. The van der Waals surface area contributed by atoms with Crippen molar-refractivity contribution < 1.29 is 13.9 Å². The number of carbonyl (C=O) groups is 1. The van der Waals surface area contributed by atoms with Crippen molar-refractivity contribution in [3.8, 4) is 0 Å². The number of amides is 1. The minimum atomic E-state index is -0.575. The lowest BCUT2D eigenvalue weighted by atomic mass is 10.0. The van der Waals surface area contributed by atoms with Crippen LogP contribution >= 0.6 is 0 Å². The summed E-state index contributed by atoms with van der Waals surface area (Å²) < 4.78 is 18.9. The molecule has 1 aromatic carbocycles. The second-order valence-electron chi connectivity index (χ2n) is 5.63. The third-order valence-electron chi connectivity index (χ3n) is 4.04. The highest BCUT2D eigenvalue weighted by Crippen LogP contribution is 2.25. The second kappa shape index (κ2) is 7.25. The lowest BCUT2D eigenvalue weighted by Crippen LogP contribution is -2.34. The number of hydrogen-bond donors (Lipinski definition) is 3. The van der Waals surface area contributed by atoms with Crippen molar-refractivity contribution in [1.82, 2.24) is 10.2 Å². The van der Waals surface area contributed by atoms with E-state index < -0.39 is 5.83 Å². The normalized spacial score (nSPS) is 14.5. The molecule has 1 aliphatic rings. The predicted molar refractivity (Wildman–Crippen MR) is 92.3 cm³/mol. The molecule has 5 N–H and O–H groups in total. The van der Waals surface area contributed by atoms with Gasteiger partial charge in [0.05, 0.1) is 25.0 Å². The Morgan fingerprint density at radius 1 is 1.42 bits per heavy atom. The maximum atomic E-state index is 13.9. The van der Waals surface area contributed by atoms with Crippen LogP contribution in [0, 0.1) is 0 Å². The quantitative estimate of drug-likeness (QED) is 0.713. The van der Waals surface area contributed by atoms with Crippen LogP contribution < -0.4 is 16.8 Å². The molecule has 24 heavy (non-hydrogen) atoms. The monoisotopic (exact) mass is 334 g/mol. The number of nitrogens with one attached hydrogen (secondary N) is 1. The molecule has 0 unspecified atom stereocenters. The molecule has 1 heterocycles. The molecule has 1 aliphatic heterocycles. The first kappa shape index (κ1) is 17.7. The Morgan fingerprint density at radius 3 is 2.71 bits per heavy atom. The lowest BCUT2D eigenvalue weighted by Gasteiger charge is -2.26. The highest BCUT2D eigenvalue weighted by Gasteiger charge is 2.23. The van der Waals surface area contributed by atoms with Gasteiger partial charge < -0.3 is 26.4 Å². The average Bonchev–Trinajstić information content (AvgIpc) is 2.55. The Hall–Kier alpha value is -2.70. The maximum absolute atomic E-state index is 13.9. The van der Waals surface area contributed by atoms with Crippen molar-refractivity contribution in [3.63, 3.8) is 0 Å². The molecule has 1 amide bonds. The Bertz CT molecular complexity index is 713. The number of anilines is 2. The Kier molecular flexibility index (Phi) is 5.33. The summed E-state index contributed by atoms with van der Waals surface area (Å²) >= 11 is 0. The number of rotatable bonds is 5. The molecule has 0 saturated heterocycles. The SMILES string of the molecule is CCc1ccc(N)c(N)c1CNC(=O)C1=CC(F)=C(OC)N(C)C1. The second-order valence-corrected chi connectivity index (χ2v) is 5.63. The van der Waals surface area contributed by atoms with E-state index >= 15 is 0 Å². The van der Waals surface area contributed by atoms with E-state index in [4.69, 9.17) is 16.2 Å². The molecule has 0 saturated carbocycles. The van der Waals surface area contributed by atoms with Crippen molar-refractivity contribution in [2.45, 2.75) is 19.9 Å². The molecular formula is C17H23FN4O2. The smallest absolute Gasteiger partial charge is 0.249 e. The van der Waals surface area contributed by atoms with Crippen LogP contribution in [0.25, 0.3) is 0 Å². The van der Waals surface area contributed by atoms with E-state index in [1.807, 2.05) is 13.0 Å². The van der Waals surface area contributed by atoms with E-state index in [-0.39, 0.29) is 24.9 Å². The van der Waals surface area contributed by atoms with Crippen LogP contribution in [-0.2, 0) is 22.5 Å². The predicted octanol–water partition coefficient (Wildman–Crippen LogP) is 1.69. The van der Waals surface area contributed by atoms with Crippen LogP contribution in [0.15, 0.2) is 35.5 Å². The molecule has 0 aromatic heterocycles. The average molecular weight is 334 g/mol. The van der Waals surface area contributed by atoms with Crippen molar-refractivity contribution in [1.29, 1.82) is 0 Å². The summed E-state index contributed by atoms with van der Waals surface area (Å²) in [6.07, 6.45) is 1.97. The number of halogens is 1. The maximum Gasteiger partial charge on any atom is 0.249 e. The molecule has 7 heteroatoms. The van der Waals surface area contributed by atoms with E-state index in [2.05, 4.69) is 5.32 Å². The number of nitrogens with zero attached hydrogens (tertiary/aromatic N) is 1.